The smallest absolute Gasteiger partial charge is 0.0807 e. The first-order chi connectivity index (χ1) is 6.11. The third-order valence-corrected chi connectivity index (χ3v) is 2.14. The van der Waals surface area contributed by atoms with Crippen LogP contribution in [0.15, 0.2) is 24.3 Å². The fourth-order valence-corrected chi connectivity index (χ4v) is 1.44. The third-order valence-electron chi connectivity index (χ3n) is 2.14. The summed E-state index contributed by atoms with van der Waals surface area (Å²) in [5.74, 6) is 0. The molecule has 1 rings (SSSR count). The van der Waals surface area contributed by atoms with E-state index >= 15 is 0 Å². The summed E-state index contributed by atoms with van der Waals surface area (Å²) < 4.78 is 0. The second-order valence-corrected chi connectivity index (χ2v) is 3.59. The lowest BCUT2D eigenvalue weighted by Gasteiger charge is -2.15. The minimum atomic E-state index is -0.429. The Morgan fingerprint density at radius 1 is 1.38 bits per heavy atom. The molecular formula is C11H17NO. The highest BCUT2D eigenvalue weighted by Gasteiger charge is 2.11. The van der Waals surface area contributed by atoms with Crippen LogP contribution in [0.5, 0.6) is 0 Å². The Morgan fingerprint density at radius 3 is 2.54 bits per heavy atom. The first kappa shape index (κ1) is 10.2. The second kappa shape index (κ2) is 4.40. The molecule has 2 heteroatoms. The molecule has 0 aromatic heterocycles. The summed E-state index contributed by atoms with van der Waals surface area (Å²) in [6, 6.07) is 7.89. The molecule has 0 saturated carbocycles. The highest BCUT2D eigenvalue weighted by Crippen LogP contribution is 2.20. The minimum absolute atomic E-state index is 0.0367. The van der Waals surface area contributed by atoms with Crippen molar-refractivity contribution in [2.24, 2.45) is 5.73 Å². The lowest BCUT2D eigenvalue weighted by molar-refractivity contribution is 0.159. The Morgan fingerprint density at radius 2 is 2.00 bits per heavy atom. The molecule has 1 aromatic carbocycles. The van der Waals surface area contributed by atoms with Gasteiger partial charge in [0.2, 0.25) is 0 Å². The van der Waals surface area contributed by atoms with E-state index in [0.717, 1.165) is 11.1 Å². The molecular weight excluding hydrogens is 162 g/mol. The molecule has 0 aliphatic rings. The predicted octanol–water partition coefficient (Wildman–Crippen LogP) is 1.77. The molecule has 3 N–H and O–H groups in total. The lowest BCUT2D eigenvalue weighted by atomic mass is 9.99. The monoisotopic (exact) mass is 179 g/mol. The van der Waals surface area contributed by atoms with Crippen molar-refractivity contribution in [3.05, 3.63) is 35.4 Å². The van der Waals surface area contributed by atoms with Crippen molar-refractivity contribution in [3.8, 4) is 0 Å². The topological polar surface area (TPSA) is 46.2 Å². The zero-order valence-electron chi connectivity index (χ0n) is 8.20. The standard InChI is InChI=1S/C11H17NO/c1-8-5-3-4-6-10(8)11(13)7-9(2)12/h3-6,9,11,13H,7,12H2,1-2H3. The van der Waals surface area contributed by atoms with E-state index in [-0.39, 0.29) is 6.04 Å². The van der Waals surface area contributed by atoms with Crippen molar-refractivity contribution in [3.63, 3.8) is 0 Å². The van der Waals surface area contributed by atoms with E-state index in [0.29, 0.717) is 6.42 Å². The maximum Gasteiger partial charge on any atom is 0.0807 e. The largest absolute Gasteiger partial charge is 0.388 e. The molecule has 0 aliphatic heterocycles. The molecule has 2 nitrogen and oxygen atoms in total. The van der Waals surface area contributed by atoms with E-state index in [1.807, 2.05) is 38.1 Å². The van der Waals surface area contributed by atoms with Crippen molar-refractivity contribution in [1.29, 1.82) is 0 Å². The number of benzene rings is 1. The van der Waals surface area contributed by atoms with E-state index < -0.39 is 6.10 Å². The maximum absolute atomic E-state index is 9.79. The van der Waals surface area contributed by atoms with Gasteiger partial charge in [0.15, 0.2) is 0 Å². The van der Waals surface area contributed by atoms with Gasteiger partial charge >= 0.3 is 0 Å². The van der Waals surface area contributed by atoms with Crippen LogP contribution in [0.25, 0.3) is 0 Å². The average Bonchev–Trinajstić information content (AvgIpc) is 2.03. The fourth-order valence-electron chi connectivity index (χ4n) is 1.44. The van der Waals surface area contributed by atoms with Crippen LogP contribution in [0.2, 0.25) is 0 Å². The maximum atomic E-state index is 9.79. The van der Waals surface area contributed by atoms with Gasteiger partial charge in [-0.05, 0) is 31.4 Å². The number of hydrogen-bond donors (Lipinski definition) is 2. The van der Waals surface area contributed by atoms with E-state index in [4.69, 9.17) is 5.73 Å². The highest BCUT2D eigenvalue weighted by molar-refractivity contribution is 5.27. The number of nitrogens with two attached hydrogens (primary N) is 1. The van der Waals surface area contributed by atoms with Gasteiger partial charge in [-0.1, -0.05) is 24.3 Å². The van der Waals surface area contributed by atoms with E-state index in [1.165, 1.54) is 0 Å². The minimum Gasteiger partial charge on any atom is -0.388 e. The summed E-state index contributed by atoms with van der Waals surface area (Å²) in [6.45, 7) is 3.90. The van der Waals surface area contributed by atoms with Gasteiger partial charge in [0.1, 0.15) is 0 Å². The molecule has 72 valence electrons. The highest BCUT2D eigenvalue weighted by atomic mass is 16.3. The van der Waals surface area contributed by atoms with Gasteiger partial charge < -0.3 is 10.8 Å². The lowest BCUT2D eigenvalue weighted by Crippen LogP contribution is -2.18. The molecule has 0 saturated heterocycles. The zero-order valence-corrected chi connectivity index (χ0v) is 8.20. The van der Waals surface area contributed by atoms with Crippen LogP contribution < -0.4 is 5.73 Å². The van der Waals surface area contributed by atoms with Crippen molar-refractivity contribution in [1.82, 2.24) is 0 Å². The van der Waals surface area contributed by atoms with Crippen molar-refractivity contribution >= 4 is 0 Å². The van der Waals surface area contributed by atoms with Crippen molar-refractivity contribution in [2.45, 2.75) is 32.4 Å². The number of aryl methyl sites for hydroxylation is 1. The van der Waals surface area contributed by atoms with E-state index in [1.54, 1.807) is 0 Å². The summed E-state index contributed by atoms with van der Waals surface area (Å²) >= 11 is 0. The number of hydrogen-bond acceptors (Lipinski definition) is 2. The summed E-state index contributed by atoms with van der Waals surface area (Å²) in [6.07, 6.45) is 0.186. The van der Waals surface area contributed by atoms with Gasteiger partial charge in [-0.15, -0.1) is 0 Å². The van der Waals surface area contributed by atoms with Gasteiger partial charge in [0.25, 0.3) is 0 Å². The van der Waals surface area contributed by atoms with Crippen LogP contribution in [0.3, 0.4) is 0 Å². The Hall–Kier alpha value is -0.860. The Kier molecular flexibility index (Phi) is 3.46. The van der Waals surface area contributed by atoms with Crippen molar-refractivity contribution in [2.75, 3.05) is 0 Å². The summed E-state index contributed by atoms with van der Waals surface area (Å²) in [5.41, 5.74) is 7.73. The van der Waals surface area contributed by atoms with Gasteiger partial charge in [-0.3, -0.25) is 0 Å². The molecule has 1 aromatic rings. The molecule has 0 radical (unpaired) electrons. The third kappa shape index (κ3) is 2.83. The van der Waals surface area contributed by atoms with Crippen LogP contribution in [0, 0.1) is 6.92 Å². The van der Waals surface area contributed by atoms with Crippen LogP contribution in [-0.4, -0.2) is 11.1 Å². The summed E-state index contributed by atoms with van der Waals surface area (Å²) in [7, 11) is 0. The first-order valence-electron chi connectivity index (χ1n) is 4.60. The Balaban J connectivity index is 2.76. The molecule has 0 fully saturated rings. The van der Waals surface area contributed by atoms with Crippen molar-refractivity contribution < 1.29 is 5.11 Å². The molecule has 2 unspecified atom stereocenters. The van der Waals surface area contributed by atoms with Gasteiger partial charge in [-0.25, -0.2) is 0 Å². The Labute approximate surface area is 79.4 Å². The number of rotatable bonds is 3. The van der Waals surface area contributed by atoms with Gasteiger partial charge in [0, 0.05) is 6.04 Å². The first-order valence-corrected chi connectivity index (χ1v) is 4.60. The average molecular weight is 179 g/mol. The molecule has 13 heavy (non-hydrogen) atoms. The predicted molar refractivity (Wildman–Crippen MR) is 54.4 cm³/mol. The SMILES string of the molecule is Cc1ccccc1C(O)CC(C)N. The normalized spacial score (nSPS) is 15.4. The zero-order chi connectivity index (χ0) is 9.84. The second-order valence-electron chi connectivity index (χ2n) is 3.59. The number of aliphatic hydroxyl groups excluding tert-OH is 1. The van der Waals surface area contributed by atoms with Crippen LogP contribution in [-0.2, 0) is 0 Å². The van der Waals surface area contributed by atoms with Gasteiger partial charge in [0.05, 0.1) is 6.10 Å². The van der Waals surface area contributed by atoms with E-state index in [2.05, 4.69) is 0 Å². The summed E-state index contributed by atoms with van der Waals surface area (Å²) in [4.78, 5) is 0. The molecule has 0 heterocycles. The number of aliphatic hydroxyl groups is 1. The molecule has 0 amide bonds. The molecule has 0 spiro atoms. The fraction of sp³-hybridized carbons (Fsp3) is 0.455. The summed E-state index contributed by atoms with van der Waals surface area (Å²) in [5, 5.41) is 9.79. The molecule has 2 atom stereocenters. The molecule has 0 bridgehead atoms. The van der Waals surface area contributed by atoms with Crippen LogP contribution >= 0.6 is 0 Å². The quantitative estimate of drug-likeness (QED) is 0.742. The van der Waals surface area contributed by atoms with Gasteiger partial charge in [-0.2, -0.15) is 0 Å². The Bertz CT molecular complexity index is 271. The van der Waals surface area contributed by atoms with Crippen LogP contribution in [0.4, 0.5) is 0 Å². The van der Waals surface area contributed by atoms with E-state index in [9.17, 15) is 5.11 Å². The molecule has 0 aliphatic carbocycles. The van der Waals surface area contributed by atoms with Crippen LogP contribution in [0.1, 0.15) is 30.6 Å².